The number of fused-ring (bicyclic) bond motifs is 1. The Balaban J connectivity index is 1.61. The summed E-state index contributed by atoms with van der Waals surface area (Å²) in [6, 6.07) is 7.73. The lowest BCUT2D eigenvalue weighted by molar-refractivity contribution is -0.274. The van der Waals surface area contributed by atoms with E-state index < -0.39 is 6.36 Å². The van der Waals surface area contributed by atoms with Crippen LogP contribution in [-0.2, 0) is 0 Å². The molecule has 3 rings (SSSR count). The summed E-state index contributed by atoms with van der Waals surface area (Å²) in [6.07, 6.45) is -2.81. The molecule has 25 heavy (non-hydrogen) atoms. The summed E-state index contributed by atoms with van der Waals surface area (Å²) in [6.45, 7) is 0.511. The second-order valence-corrected chi connectivity index (χ2v) is 5.78. The van der Waals surface area contributed by atoms with Gasteiger partial charge in [0, 0.05) is 13.0 Å². The van der Waals surface area contributed by atoms with E-state index in [0.29, 0.717) is 18.8 Å². The Morgan fingerprint density at radius 2 is 2.00 bits per heavy atom. The van der Waals surface area contributed by atoms with E-state index in [9.17, 15) is 13.2 Å². The lowest BCUT2D eigenvalue weighted by Gasteiger charge is -2.09. The minimum Gasteiger partial charge on any atom is -0.404 e. The number of alkyl halides is 3. The number of hydrogen-bond acceptors (Lipinski definition) is 5. The molecule has 128 valence electrons. The zero-order valence-corrected chi connectivity index (χ0v) is 13.6. The van der Waals surface area contributed by atoms with Gasteiger partial charge in [-0.15, -0.1) is 24.5 Å². The quantitative estimate of drug-likeness (QED) is 0.550. The van der Waals surface area contributed by atoms with Gasteiger partial charge in [0.1, 0.15) is 22.7 Å². The second-order valence-electron chi connectivity index (χ2n) is 4.88. The highest BCUT2D eigenvalue weighted by Crippen LogP contribution is 2.26. The minimum absolute atomic E-state index is 0.196. The van der Waals surface area contributed by atoms with E-state index >= 15 is 0 Å². The summed E-state index contributed by atoms with van der Waals surface area (Å²) in [5.41, 5.74) is 0.196. The first-order valence-electron chi connectivity index (χ1n) is 7.29. The molecule has 3 aromatic rings. The highest BCUT2D eigenvalue weighted by molar-refractivity contribution is 7.16. The molecule has 0 aliphatic heterocycles. The van der Waals surface area contributed by atoms with Gasteiger partial charge in [-0.2, -0.15) is 0 Å². The van der Waals surface area contributed by atoms with Crippen LogP contribution in [0.15, 0.2) is 42.0 Å². The summed E-state index contributed by atoms with van der Waals surface area (Å²) >= 11 is 1.52. The molecule has 0 aliphatic carbocycles. The summed E-state index contributed by atoms with van der Waals surface area (Å²) < 4.78 is 41.0. The lowest BCUT2D eigenvalue weighted by Crippen LogP contribution is -2.17. The monoisotopic (exact) mass is 363 g/mol. The van der Waals surface area contributed by atoms with Gasteiger partial charge in [-0.3, -0.25) is 0 Å². The maximum atomic E-state index is 12.4. The molecule has 0 fully saturated rings. The van der Waals surface area contributed by atoms with Crippen LogP contribution in [0.4, 0.5) is 19.0 Å². The van der Waals surface area contributed by atoms with Crippen molar-refractivity contribution in [3.8, 4) is 17.6 Å². The Kier molecular flexibility index (Phi) is 5.05. The maximum Gasteiger partial charge on any atom is 0.573 e. The fraction of sp³-hybridized carbons (Fsp3) is 0.176. The van der Waals surface area contributed by atoms with Gasteiger partial charge in [-0.25, -0.2) is 9.97 Å². The van der Waals surface area contributed by atoms with Crippen LogP contribution in [-0.4, -0.2) is 22.9 Å². The first-order chi connectivity index (χ1) is 12.0. The highest BCUT2D eigenvalue weighted by atomic mass is 32.1. The smallest absolute Gasteiger partial charge is 0.404 e. The lowest BCUT2D eigenvalue weighted by atomic mass is 10.2. The first-order valence-corrected chi connectivity index (χ1v) is 8.16. The molecule has 0 radical (unpaired) electrons. The number of hydrogen-bond donors (Lipinski definition) is 1. The third kappa shape index (κ3) is 4.61. The average molecular weight is 363 g/mol. The third-order valence-corrected chi connectivity index (χ3v) is 3.96. The van der Waals surface area contributed by atoms with Crippen molar-refractivity contribution in [2.45, 2.75) is 12.8 Å². The summed E-state index contributed by atoms with van der Waals surface area (Å²) in [5, 5.41) is 6.02. The number of nitrogens with zero attached hydrogens (tertiary/aromatic N) is 2. The fourth-order valence-corrected chi connectivity index (χ4v) is 2.85. The van der Waals surface area contributed by atoms with Crippen LogP contribution in [0.1, 0.15) is 12.0 Å². The molecular weight excluding hydrogens is 351 g/mol. The molecule has 0 spiro atoms. The van der Waals surface area contributed by atoms with Gasteiger partial charge in [0.15, 0.2) is 0 Å². The van der Waals surface area contributed by atoms with Gasteiger partial charge >= 0.3 is 6.36 Å². The fourth-order valence-electron chi connectivity index (χ4n) is 2.12. The molecule has 0 saturated heterocycles. The standard InChI is InChI=1S/C17H12F3N3OS/c18-17(19,20)24-14-7-2-1-5-12(14)6-3-4-9-21-15-13-8-10-25-16(13)23-11-22-15/h1-2,5,7-8,10-11H,4,9H2,(H,21,22,23). The third-order valence-electron chi connectivity index (χ3n) is 3.14. The summed E-state index contributed by atoms with van der Waals surface area (Å²) in [5.74, 6) is 5.96. The zero-order chi connectivity index (χ0) is 17.7. The van der Waals surface area contributed by atoms with Crippen LogP contribution >= 0.6 is 11.3 Å². The van der Waals surface area contributed by atoms with E-state index in [2.05, 4.69) is 31.9 Å². The van der Waals surface area contributed by atoms with E-state index in [0.717, 1.165) is 10.2 Å². The maximum absolute atomic E-state index is 12.4. The number of nitrogens with one attached hydrogen (secondary N) is 1. The van der Waals surface area contributed by atoms with Crippen molar-refractivity contribution in [1.82, 2.24) is 9.97 Å². The van der Waals surface area contributed by atoms with Crippen molar-refractivity contribution >= 4 is 27.4 Å². The number of rotatable bonds is 4. The highest BCUT2D eigenvalue weighted by Gasteiger charge is 2.31. The van der Waals surface area contributed by atoms with Crippen LogP contribution in [0.3, 0.4) is 0 Å². The molecule has 8 heteroatoms. The molecule has 0 atom stereocenters. The minimum atomic E-state index is -4.74. The van der Waals surface area contributed by atoms with E-state index in [1.54, 1.807) is 6.07 Å². The average Bonchev–Trinajstić information content (AvgIpc) is 3.04. The predicted octanol–water partition coefficient (Wildman–Crippen LogP) is 4.44. The van der Waals surface area contributed by atoms with Gasteiger partial charge in [-0.1, -0.05) is 24.0 Å². The molecule has 2 heterocycles. The van der Waals surface area contributed by atoms with Gasteiger partial charge in [0.25, 0.3) is 0 Å². The van der Waals surface area contributed by atoms with E-state index in [-0.39, 0.29) is 11.3 Å². The molecule has 4 nitrogen and oxygen atoms in total. The van der Waals surface area contributed by atoms with Crippen LogP contribution in [0.5, 0.6) is 5.75 Å². The van der Waals surface area contributed by atoms with Gasteiger partial charge in [0.2, 0.25) is 0 Å². The van der Waals surface area contributed by atoms with Crippen LogP contribution in [0.2, 0.25) is 0 Å². The molecule has 0 saturated carbocycles. The molecular formula is C17H12F3N3OS. The first kappa shape index (κ1) is 17.0. The van der Waals surface area contributed by atoms with Gasteiger partial charge in [0.05, 0.1) is 10.9 Å². The Morgan fingerprint density at radius 3 is 2.84 bits per heavy atom. The molecule has 0 unspecified atom stereocenters. The zero-order valence-electron chi connectivity index (χ0n) is 12.8. The number of benzene rings is 1. The number of anilines is 1. The van der Waals surface area contributed by atoms with Gasteiger partial charge in [-0.05, 0) is 23.6 Å². The van der Waals surface area contributed by atoms with Crippen molar-refractivity contribution in [2.75, 3.05) is 11.9 Å². The molecule has 0 bridgehead atoms. The SMILES string of the molecule is FC(F)(F)Oc1ccccc1C#CCCNc1ncnc2sccc12. The van der Waals surface area contributed by atoms with Crippen molar-refractivity contribution in [3.05, 3.63) is 47.6 Å². The van der Waals surface area contributed by atoms with Crippen LogP contribution in [0.25, 0.3) is 10.2 Å². The Hall–Kier alpha value is -2.79. The van der Waals surface area contributed by atoms with Crippen molar-refractivity contribution < 1.29 is 17.9 Å². The number of aromatic nitrogens is 2. The molecule has 0 aliphatic rings. The van der Waals surface area contributed by atoms with E-state index in [1.807, 2.05) is 11.4 Å². The Bertz CT molecular complexity index is 928. The summed E-state index contributed by atoms with van der Waals surface area (Å²) in [7, 11) is 0. The number of thiophene rings is 1. The van der Waals surface area contributed by atoms with Crippen molar-refractivity contribution in [1.29, 1.82) is 0 Å². The number of ether oxygens (including phenoxy) is 1. The number of para-hydroxylation sites is 1. The Labute approximate surface area is 145 Å². The largest absolute Gasteiger partial charge is 0.573 e. The van der Waals surface area contributed by atoms with Gasteiger partial charge < -0.3 is 10.1 Å². The molecule has 1 aromatic carbocycles. The Morgan fingerprint density at radius 1 is 1.16 bits per heavy atom. The predicted molar refractivity (Wildman–Crippen MR) is 90.5 cm³/mol. The molecule has 0 amide bonds. The van der Waals surface area contributed by atoms with Crippen molar-refractivity contribution in [3.63, 3.8) is 0 Å². The van der Waals surface area contributed by atoms with Crippen LogP contribution < -0.4 is 10.1 Å². The topological polar surface area (TPSA) is 47.0 Å². The summed E-state index contributed by atoms with van der Waals surface area (Å²) in [4.78, 5) is 9.23. The number of halogens is 3. The second kappa shape index (κ2) is 7.40. The van der Waals surface area contributed by atoms with Crippen LogP contribution in [0, 0.1) is 11.8 Å². The molecule has 2 aromatic heterocycles. The normalized spacial score (nSPS) is 11.0. The molecule has 1 N–H and O–H groups in total. The van der Waals surface area contributed by atoms with E-state index in [1.165, 1.54) is 35.9 Å². The van der Waals surface area contributed by atoms with E-state index in [4.69, 9.17) is 0 Å². The van der Waals surface area contributed by atoms with Crippen molar-refractivity contribution in [2.24, 2.45) is 0 Å².